The maximum atomic E-state index is 13.5. The number of nitrogens with two attached hydrogens (primary N) is 1. The predicted octanol–water partition coefficient (Wildman–Crippen LogP) is 3.94. The minimum Gasteiger partial charge on any atom is -0.330 e. The van der Waals surface area contributed by atoms with E-state index in [-0.39, 0.29) is 29.1 Å². The van der Waals surface area contributed by atoms with Gasteiger partial charge >= 0.3 is 0 Å². The van der Waals surface area contributed by atoms with Crippen LogP contribution >= 0.6 is 0 Å². The first-order valence-electron chi connectivity index (χ1n) is 6.94. The van der Waals surface area contributed by atoms with E-state index in [1.165, 1.54) is 12.1 Å². The standard InChI is InChI=1S/C16H23F2NO/c1-16(2,3)11(9-10-19)7-8-14(20)12-5-4-6-13(17)15(12)18/h4-6,11H,7-10,19H2,1-3H3. The Hall–Kier alpha value is -1.29. The van der Waals surface area contributed by atoms with Crippen molar-refractivity contribution in [2.45, 2.75) is 40.0 Å². The second kappa shape index (κ2) is 6.93. The van der Waals surface area contributed by atoms with E-state index in [0.29, 0.717) is 13.0 Å². The lowest BCUT2D eigenvalue weighted by atomic mass is 9.75. The first-order valence-corrected chi connectivity index (χ1v) is 6.94. The van der Waals surface area contributed by atoms with Gasteiger partial charge in [0.15, 0.2) is 17.4 Å². The Kier molecular flexibility index (Phi) is 5.81. The van der Waals surface area contributed by atoms with E-state index in [0.717, 1.165) is 12.5 Å². The number of halogens is 2. The molecule has 112 valence electrons. The summed E-state index contributed by atoms with van der Waals surface area (Å²) in [6, 6.07) is 3.70. The molecule has 2 nitrogen and oxygen atoms in total. The van der Waals surface area contributed by atoms with Gasteiger partial charge in [-0.1, -0.05) is 26.8 Å². The average Bonchev–Trinajstić information content (AvgIpc) is 2.36. The first kappa shape index (κ1) is 16.8. The van der Waals surface area contributed by atoms with E-state index in [1.54, 1.807) is 0 Å². The molecule has 4 heteroatoms. The maximum Gasteiger partial charge on any atom is 0.169 e. The van der Waals surface area contributed by atoms with Crippen LogP contribution in [0.5, 0.6) is 0 Å². The van der Waals surface area contributed by atoms with Gasteiger partial charge in [0.25, 0.3) is 0 Å². The Balaban J connectivity index is 2.73. The van der Waals surface area contributed by atoms with Crippen molar-refractivity contribution in [2.75, 3.05) is 6.54 Å². The topological polar surface area (TPSA) is 43.1 Å². The van der Waals surface area contributed by atoms with Crippen molar-refractivity contribution in [3.8, 4) is 0 Å². The van der Waals surface area contributed by atoms with Gasteiger partial charge in [0.2, 0.25) is 0 Å². The normalized spacial score (nSPS) is 13.3. The molecule has 1 unspecified atom stereocenters. The van der Waals surface area contributed by atoms with Crippen molar-refractivity contribution in [3.63, 3.8) is 0 Å². The van der Waals surface area contributed by atoms with Crippen molar-refractivity contribution in [1.82, 2.24) is 0 Å². The molecule has 0 amide bonds. The van der Waals surface area contributed by atoms with Gasteiger partial charge < -0.3 is 5.73 Å². The fourth-order valence-electron chi connectivity index (χ4n) is 2.37. The molecule has 0 fully saturated rings. The van der Waals surface area contributed by atoms with Crippen LogP contribution in [0.2, 0.25) is 0 Å². The van der Waals surface area contributed by atoms with Gasteiger partial charge in [-0.3, -0.25) is 4.79 Å². The van der Waals surface area contributed by atoms with Gasteiger partial charge in [0.1, 0.15) is 0 Å². The molecular weight excluding hydrogens is 260 g/mol. The molecule has 0 saturated carbocycles. The second-order valence-electron chi connectivity index (χ2n) is 6.20. The van der Waals surface area contributed by atoms with Gasteiger partial charge in [0.05, 0.1) is 5.56 Å². The third kappa shape index (κ3) is 4.37. The summed E-state index contributed by atoms with van der Waals surface area (Å²) in [6.45, 7) is 6.85. The zero-order valence-corrected chi connectivity index (χ0v) is 12.4. The summed E-state index contributed by atoms with van der Waals surface area (Å²) in [5.41, 5.74) is 5.47. The molecule has 0 saturated heterocycles. The van der Waals surface area contributed by atoms with Crippen LogP contribution in [0.1, 0.15) is 50.4 Å². The Bertz CT molecular complexity index is 466. The lowest BCUT2D eigenvalue weighted by Gasteiger charge is -2.30. The zero-order chi connectivity index (χ0) is 15.3. The molecule has 1 aromatic carbocycles. The third-order valence-electron chi connectivity index (χ3n) is 3.71. The zero-order valence-electron chi connectivity index (χ0n) is 12.4. The minimum atomic E-state index is -1.05. The summed E-state index contributed by atoms with van der Waals surface area (Å²) in [5.74, 6) is -2.10. The number of hydrogen-bond acceptors (Lipinski definition) is 2. The fraction of sp³-hybridized carbons (Fsp3) is 0.562. The number of carbonyl (C=O) groups excluding carboxylic acids is 1. The number of ketones is 1. The van der Waals surface area contributed by atoms with Crippen molar-refractivity contribution >= 4 is 5.78 Å². The molecule has 0 aliphatic carbocycles. The number of carbonyl (C=O) groups is 1. The van der Waals surface area contributed by atoms with E-state index in [9.17, 15) is 13.6 Å². The molecular formula is C16H23F2NO. The van der Waals surface area contributed by atoms with E-state index < -0.39 is 11.6 Å². The molecule has 1 atom stereocenters. The monoisotopic (exact) mass is 283 g/mol. The van der Waals surface area contributed by atoms with Crippen LogP contribution in [0.15, 0.2) is 18.2 Å². The highest BCUT2D eigenvalue weighted by atomic mass is 19.2. The van der Waals surface area contributed by atoms with Gasteiger partial charge in [-0.2, -0.15) is 0 Å². The van der Waals surface area contributed by atoms with Crippen molar-refractivity contribution in [1.29, 1.82) is 0 Å². The van der Waals surface area contributed by atoms with Crippen molar-refractivity contribution in [3.05, 3.63) is 35.4 Å². The molecule has 0 aromatic heterocycles. The first-order chi connectivity index (χ1) is 9.27. The van der Waals surface area contributed by atoms with E-state index in [1.807, 2.05) is 0 Å². The van der Waals surface area contributed by atoms with Crippen LogP contribution in [-0.2, 0) is 0 Å². The lowest BCUT2D eigenvalue weighted by molar-refractivity contribution is 0.0953. The molecule has 0 bridgehead atoms. The highest BCUT2D eigenvalue weighted by Gasteiger charge is 2.25. The van der Waals surface area contributed by atoms with E-state index >= 15 is 0 Å². The van der Waals surface area contributed by atoms with E-state index in [2.05, 4.69) is 20.8 Å². The number of hydrogen-bond donors (Lipinski definition) is 1. The predicted molar refractivity (Wildman–Crippen MR) is 76.5 cm³/mol. The third-order valence-corrected chi connectivity index (χ3v) is 3.71. The summed E-state index contributed by atoms with van der Waals surface area (Å²) in [4.78, 5) is 12.0. The summed E-state index contributed by atoms with van der Waals surface area (Å²) in [7, 11) is 0. The Morgan fingerprint density at radius 3 is 2.45 bits per heavy atom. The summed E-state index contributed by atoms with van der Waals surface area (Å²) >= 11 is 0. The highest BCUT2D eigenvalue weighted by molar-refractivity contribution is 5.96. The molecule has 2 N–H and O–H groups in total. The lowest BCUT2D eigenvalue weighted by Crippen LogP contribution is -2.24. The summed E-state index contributed by atoms with van der Waals surface area (Å²) < 4.78 is 26.6. The van der Waals surface area contributed by atoms with Crippen molar-refractivity contribution in [2.24, 2.45) is 17.1 Å². The van der Waals surface area contributed by atoms with Crippen LogP contribution in [0.25, 0.3) is 0 Å². The van der Waals surface area contributed by atoms with Crippen LogP contribution in [0.4, 0.5) is 8.78 Å². The van der Waals surface area contributed by atoms with Gasteiger partial charge in [-0.25, -0.2) is 8.78 Å². The summed E-state index contributed by atoms with van der Waals surface area (Å²) in [5, 5.41) is 0. The van der Waals surface area contributed by atoms with Crippen LogP contribution in [0, 0.1) is 23.0 Å². The number of rotatable bonds is 6. The Morgan fingerprint density at radius 2 is 1.90 bits per heavy atom. The maximum absolute atomic E-state index is 13.5. The van der Waals surface area contributed by atoms with Gasteiger partial charge in [-0.05, 0) is 42.9 Å². The largest absolute Gasteiger partial charge is 0.330 e. The smallest absolute Gasteiger partial charge is 0.169 e. The molecule has 1 aromatic rings. The Labute approximate surface area is 119 Å². The quantitative estimate of drug-likeness (QED) is 0.804. The molecule has 0 aliphatic heterocycles. The number of benzene rings is 1. The molecule has 20 heavy (non-hydrogen) atoms. The molecule has 0 aliphatic rings. The van der Waals surface area contributed by atoms with Gasteiger partial charge in [-0.15, -0.1) is 0 Å². The number of Topliss-reactive ketones (excluding diaryl/α,β-unsaturated/α-hetero) is 1. The summed E-state index contributed by atoms with van der Waals surface area (Å²) in [6.07, 6.45) is 1.67. The second-order valence-corrected chi connectivity index (χ2v) is 6.20. The van der Waals surface area contributed by atoms with Crippen LogP contribution in [0.3, 0.4) is 0 Å². The molecule has 1 rings (SSSR count). The fourth-order valence-corrected chi connectivity index (χ4v) is 2.37. The van der Waals surface area contributed by atoms with Crippen LogP contribution < -0.4 is 5.73 Å². The van der Waals surface area contributed by atoms with E-state index in [4.69, 9.17) is 5.73 Å². The molecule has 0 spiro atoms. The Morgan fingerprint density at radius 1 is 1.25 bits per heavy atom. The highest BCUT2D eigenvalue weighted by Crippen LogP contribution is 2.32. The van der Waals surface area contributed by atoms with Crippen LogP contribution in [-0.4, -0.2) is 12.3 Å². The SMILES string of the molecule is CC(C)(C)C(CCN)CCC(=O)c1cccc(F)c1F. The molecule has 0 radical (unpaired) electrons. The average molecular weight is 283 g/mol. The van der Waals surface area contributed by atoms with Gasteiger partial charge in [0, 0.05) is 6.42 Å². The molecule has 0 heterocycles. The minimum absolute atomic E-state index is 0.0418. The van der Waals surface area contributed by atoms with Crippen molar-refractivity contribution < 1.29 is 13.6 Å².